The lowest BCUT2D eigenvalue weighted by Crippen LogP contribution is -2.52. The maximum absolute atomic E-state index is 13.0. The lowest BCUT2D eigenvalue weighted by atomic mass is 9.83. The van der Waals surface area contributed by atoms with Gasteiger partial charge < -0.3 is 14.8 Å². The van der Waals surface area contributed by atoms with Crippen LogP contribution in [0.3, 0.4) is 0 Å². The summed E-state index contributed by atoms with van der Waals surface area (Å²) in [6.07, 6.45) is 5.82. The molecule has 0 aromatic carbocycles. The third-order valence-electron chi connectivity index (χ3n) is 5.18. The van der Waals surface area contributed by atoms with Gasteiger partial charge in [-0.2, -0.15) is 0 Å². The number of aromatic nitrogens is 3. The number of fused-ring (bicyclic) bond motifs is 4. The van der Waals surface area contributed by atoms with Crippen LogP contribution in [-0.4, -0.2) is 44.6 Å². The number of urea groups is 1. The second-order valence-electron chi connectivity index (χ2n) is 7.52. The number of likely N-dealkylation sites (tertiary alicyclic amines) is 1. The Labute approximate surface area is 152 Å². The second kappa shape index (κ2) is 6.55. The fraction of sp³-hybridized carbons (Fsp3) is 0.474. The molecule has 1 fully saturated rings. The summed E-state index contributed by atoms with van der Waals surface area (Å²) in [7, 11) is 0. The van der Waals surface area contributed by atoms with Crippen molar-refractivity contribution in [3.8, 4) is 11.1 Å². The molecule has 2 aromatic heterocycles. The number of nitrogens with zero attached hydrogens (tertiary/aromatic N) is 4. The summed E-state index contributed by atoms with van der Waals surface area (Å²) in [6.45, 7) is 5.93. The van der Waals surface area contributed by atoms with E-state index in [1.165, 1.54) is 6.33 Å². The van der Waals surface area contributed by atoms with E-state index in [1.807, 2.05) is 35.4 Å². The molecule has 1 N–H and O–H groups in total. The summed E-state index contributed by atoms with van der Waals surface area (Å²) in [5.41, 5.74) is 2.39. The number of piperidine rings is 1. The highest BCUT2D eigenvalue weighted by Crippen LogP contribution is 2.35. The Morgan fingerprint density at radius 3 is 2.69 bits per heavy atom. The van der Waals surface area contributed by atoms with Crippen molar-refractivity contribution in [1.82, 2.24) is 24.8 Å². The molecule has 2 atom stereocenters. The molecule has 0 spiro atoms. The smallest absolute Gasteiger partial charge is 0.317 e. The monoisotopic (exact) mass is 353 g/mol. The van der Waals surface area contributed by atoms with E-state index in [0.717, 1.165) is 17.7 Å². The average molecular weight is 353 g/mol. The zero-order valence-electron chi connectivity index (χ0n) is 15.1. The van der Waals surface area contributed by atoms with Crippen LogP contribution in [0.5, 0.6) is 0 Å². The normalized spacial score (nSPS) is 21.4. The minimum Gasteiger partial charge on any atom is -0.336 e. The molecule has 7 nitrogen and oxygen atoms in total. The Kier molecular flexibility index (Phi) is 4.22. The van der Waals surface area contributed by atoms with Crippen molar-refractivity contribution in [3.05, 3.63) is 46.9 Å². The molecule has 0 unspecified atom stereocenters. The Morgan fingerprint density at radius 1 is 1.19 bits per heavy atom. The predicted molar refractivity (Wildman–Crippen MR) is 97.8 cm³/mol. The van der Waals surface area contributed by atoms with E-state index in [1.54, 1.807) is 12.4 Å². The number of nitrogens with one attached hydrogen (secondary N) is 1. The third-order valence-corrected chi connectivity index (χ3v) is 5.18. The quantitative estimate of drug-likeness (QED) is 0.893. The first kappa shape index (κ1) is 16.8. The van der Waals surface area contributed by atoms with E-state index in [4.69, 9.17) is 0 Å². The highest BCUT2D eigenvalue weighted by molar-refractivity contribution is 5.74. The van der Waals surface area contributed by atoms with Gasteiger partial charge in [0.2, 0.25) is 0 Å². The molecule has 26 heavy (non-hydrogen) atoms. The molecule has 0 aliphatic carbocycles. The highest BCUT2D eigenvalue weighted by atomic mass is 16.2. The summed E-state index contributed by atoms with van der Waals surface area (Å²) in [5, 5.41) is 2.97. The van der Waals surface area contributed by atoms with Crippen molar-refractivity contribution in [1.29, 1.82) is 0 Å². The molecule has 2 amide bonds. The van der Waals surface area contributed by atoms with E-state index < -0.39 is 0 Å². The van der Waals surface area contributed by atoms with Crippen molar-refractivity contribution in [2.24, 2.45) is 5.92 Å². The van der Waals surface area contributed by atoms with E-state index >= 15 is 0 Å². The number of carbonyl (C=O) groups is 1. The van der Waals surface area contributed by atoms with E-state index in [0.29, 0.717) is 31.1 Å². The van der Waals surface area contributed by atoms with Gasteiger partial charge in [0.1, 0.15) is 6.33 Å². The molecular weight excluding hydrogens is 330 g/mol. The minimum atomic E-state index is -0.0106. The molecule has 2 aliphatic heterocycles. The van der Waals surface area contributed by atoms with Gasteiger partial charge in [0, 0.05) is 55.2 Å². The van der Waals surface area contributed by atoms with Gasteiger partial charge in [-0.15, -0.1) is 0 Å². The molecule has 2 aliphatic rings. The zero-order valence-corrected chi connectivity index (χ0v) is 15.1. The fourth-order valence-corrected chi connectivity index (χ4v) is 4.11. The second-order valence-corrected chi connectivity index (χ2v) is 7.52. The fourth-order valence-electron chi connectivity index (χ4n) is 4.11. The van der Waals surface area contributed by atoms with Crippen molar-refractivity contribution in [3.63, 3.8) is 0 Å². The average Bonchev–Trinajstić information content (AvgIpc) is 2.62. The summed E-state index contributed by atoms with van der Waals surface area (Å²) in [6, 6.07) is 3.99. The summed E-state index contributed by atoms with van der Waals surface area (Å²) in [4.78, 5) is 35.3. The number of amides is 2. The van der Waals surface area contributed by atoms with Gasteiger partial charge >= 0.3 is 6.03 Å². The van der Waals surface area contributed by atoms with Crippen molar-refractivity contribution >= 4 is 6.03 Å². The van der Waals surface area contributed by atoms with E-state index in [9.17, 15) is 9.59 Å². The maximum atomic E-state index is 13.0. The number of pyridine rings is 1. The van der Waals surface area contributed by atoms with Crippen LogP contribution >= 0.6 is 0 Å². The topological polar surface area (TPSA) is 80.1 Å². The van der Waals surface area contributed by atoms with Gasteiger partial charge in [0.15, 0.2) is 0 Å². The van der Waals surface area contributed by atoms with E-state index in [-0.39, 0.29) is 23.6 Å². The first-order chi connectivity index (χ1) is 12.5. The molecular formula is C19H23N5O2. The van der Waals surface area contributed by atoms with Gasteiger partial charge in [0.25, 0.3) is 5.56 Å². The van der Waals surface area contributed by atoms with Crippen LogP contribution in [0, 0.1) is 5.92 Å². The number of rotatable bonds is 2. The van der Waals surface area contributed by atoms with Gasteiger partial charge in [-0.05, 0) is 38.3 Å². The molecule has 0 radical (unpaired) electrons. The molecule has 7 heteroatoms. The Balaban J connectivity index is 1.65. The van der Waals surface area contributed by atoms with Gasteiger partial charge in [0.05, 0.1) is 5.56 Å². The van der Waals surface area contributed by atoms with Crippen LogP contribution < -0.4 is 10.9 Å². The predicted octanol–water partition coefficient (Wildman–Crippen LogP) is 1.84. The maximum Gasteiger partial charge on any atom is 0.317 e. The van der Waals surface area contributed by atoms with Crippen LogP contribution in [0.25, 0.3) is 11.1 Å². The van der Waals surface area contributed by atoms with E-state index in [2.05, 4.69) is 15.3 Å². The Bertz CT molecular complexity index is 877. The van der Waals surface area contributed by atoms with Gasteiger partial charge in [-0.25, -0.2) is 14.8 Å². The van der Waals surface area contributed by atoms with Crippen LogP contribution in [0.1, 0.15) is 31.9 Å². The third kappa shape index (κ3) is 2.98. The summed E-state index contributed by atoms with van der Waals surface area (Å²) >= 11 is 0. The lowest BCUT2D eigenvalue weighted by Gasteiger charge is -2.43. The van der Waals surface area contributed by atoms with Gasteiger partial charge in [-0.3, -0.25) is 4.79 Å². The first-order valence-corrected chi connectivity index (χ1v) is 9.07. The first-order valence-electron chi connectivity index (χ1n) is 9.07. The Morgan fingerprint density at radius 2 is 1.96 bits per heavy atom. The largest absolute Gasteiger partial charge is 0.336 e. The molecule has 136 valence electrons. The summed E-state index contributed by atoms with van der Waals surface area (Å²) in [5.74, 6) is 0.508. The number of hydrogen-bond donors (Lipinski definition) is 1. The molecule has 4 rings (SSSR count). The zero-order chi connectivity index (χ0) is 18.3. The van der Waals surface area contributed by atoms with Crippen LogP contribution in [0.2, 0.25) is 0 Å². The van der Waals surface area contributed by atoms with Crippen molar-refractivity contribution in [2.45, 2.75) is 38.8 Å². The Hall–Kier alpha value is -2.70. The van der Waals surface area contributed by atoms with Crippen molar-refractivity contribution in [2.75, 3.05) is 13.1 Å². The molecule has 4 heterocycles. The standard InChI is InChI=1S/C19H23N5O2/c1-12(2)22-19(26)23-8-13-5-14(10-23)17-4-3-16(18(25)24(17)9-13)15-6-20-11-21-7-15/h3-4,6-7,11-14H,5,8-10H2,1-2H3,(H,22,26)/t13-,14+/m0/s1. The molecule has 2 bridgehead atoms. The number of hydrogen-bond acceptors (Lipinski definition) is 4. The SMILES string of the molecule is CC(C)NC(=O)N1C[C@@H]2C[C@H](C1)c1ccc(-c3cncnc3)c(=O)n1C2. The van der Waals surface area contributed by atoms with Crippen LogP contribution in [-0.2, 0) is 6.54 Å². The molecule has 2 aromatic rings. The minimum absolute atomic E-state index is 0.00656. The van der Waals surface area contributed by atoms with Crippen molar-refractivity contribution < 1.29 is 4.79 Å². The van der Waals surface area contributed by atoms with Gasteiger partial charge in [-0.1, -0.05) is 0 Å². The molecule has 1 saturated heterocycles. The molecule has 0 saturated carbocycles. The highest BCUT2D eigenvalue weighted by Gasteiger charge is 2.36. The van der Waals surface area contributed by atoms with Crippen LogP contribution in [0.15, 0.2) is 35.6 Å². The van der Waals surface area contributed by atoms with Crippen LogP contribution in [0.4, 0.5) is 4.79 Å². The summed E-state index contributed by atoms with van der Waals surface area (Å²) < 4.78 is 1.89. The number of carbonyl (C=O) groups excluding carboxylic acids is 1. The lowest BCUT2D eigenvalue weighted by molar-refractivity contribution is 0.130.